The summed E-state index contributed by atoms with van der Waals surface area (Å²) in [6.45, 7) is 0.719. The number of fused-ring (bicyclic) bond motifs is 3. The molecule has 7 heteroatoms. The number of alkyl halides is 2. The first-order chi connectivity index (χ1) is 12.0. The molecule has 1 aliphatic rings. The average Bonchev–Trinajstić information content (AvgIpc) is 3.17. The third-order valence-corrected chi connectivity index (χ3v) is 4.77. The molecule has 0 radical (unpaired) electrons. The predicted octanol–water partition coefficient (Wildman–Crippen LogP) is 3.22. The highest BCUT2D eigenvalue weighted by molar-refractivity contribution is 6.03. The fourth-order valence-electron chi connectivity index (χ4n) is 3.59. The molecule has 0 bridgehead atoms. The number of aryl methyl sites for hydroxylation is 1. The van der Waals surface area contributed by atoms with Crippen molar-refractivity contribution in [3.8, 4) is 0 Å². The molecule has 3 aromatic rings. The average molecular weight is 344 g/mol. The molecule has 3 heterocycles. The SMILES string of the molecule is Cc1ccc2c(c1)c1c(n2C(=O)c2ccnn2C(F)F)CCN(C)C1. The Morgan fingerprint density at radius 1 is 1.28 bits per heavy atom. The highest BCUT2D eigenvalue weighted by Crippen LogP contribution is 2.32. The van der Waals surface area contributed by atoms with Crippen LogP contribution in [0.2, 0.25) is 0 Å². The van der Waals surface area contributed by atoms with Crippen molar-refractivity contribution in [3.63, 3.8) is 0 Å². The maximum absolute atomic E-state index is 13.2. The van der Waals surface area contributed by atoms with E-state index in [1.54, 1.807) is 4.57 Å². The van der Waals surface area contributed by atoms with Crippen LogP contribution in [0.5, 0.6) is 0 Å². The van der Waals surface area contributed by atoms with Gasteiger partial charge in [-0.15, -0.1) is 0 Å². The molecule has 0 atom stereocenters. The van der Waals surface area contributed by atoms with Gasteiger partial charge in [0, 0.05) is 36.8 Å². The second kappa shape index (κ2) is 5.77. The third-order valence-electron chi connectivity index (χ3n) is 4.77. The largest absolute Gasteiger partial charge is 0.333 e. The monoisotopic (exact) mass is 344 g/mol. The minimum atomic E-state index is -2.85. The van der Waals surface area contributed by atoms with Crippen molar-refractivity contribution < 1.29 is 13.6 Å². The summed E-state index contributed by atoms with van der Waals surface area (Å²) < 4.78 is 28.4. The van der Waals surface area contributed by atoms with E-state index in [1.165, 1.54) is 12.3 Å². The maximum atomic E-state index is 13.2. The molecular formula is C18H18F2N4O. The number of benzene rings is 1. The first-order valence-electron chi connectivity index (χ1n) is 8.15. The standard InChI is InChI=1S/C18H18F2N4O/c1-11-3-4-14-12(9-11)13-10-22(2)8-6-15(13)23(14)17(25)16-5-7-21-24(16)18(19)20/h3-5,7,9,18H,6,8,10H2,1-2H3. The number of aromatic nitrogens is 3. The van der Waals surface area contributed by atoms with E-state index >= 15 is 0 Å². The first-order valence-corrected chi connectivity index (χ1v) is 8.15. The number of hydrogen-bond donors (Lipinski definition) is 0. The molecule has 0 N–H and O–H groups in total. The number of hydrogen-bond acceptors (Lipinski definition) is 3. The van der Waals surface area contributed by atoms with Crippen molar-refractivity contribution in [2.24, 2.45) is 0 Å². The van der Waals surface area contributed by atoms with Gasteiger partial charge in [0.05, 0.1) is 5.52 Å². The second-order valence-electron chi connectivity index (χ2n) is 6.51. The molecule has 1 aromatic carbocycles. The van der Waals surface area contributed by atoms with Crippen LogP contribution in [-0.2, 0) is 13.0 Å². The normalized spacial score (nSPS) is 15.1. The summed E-state index contributed by atoms with van der Waals surface area (Å²) in [5, 5.41) is 4.60. The maximum Gasteiger partial charge on any atom is 0.333 e. The molecular weight excluding hydrogens is 326 g/mol. The number of rotatable bonds is 2. The topological polar surface area (TPSA) is 43.1 Å². The van der Waals surface area contributed by atoms with Crippen LogP contribution in [0.4, 0.5) is 8.78 Å². The number of nitrogens with zero attached hydrogens (tertiary/aromatic N) is 4. The Balaban J connectivity index is 1.95. The van der Waals surface area contributed by atoms with Crippen molar-refractivity contribution in [2.45, 2.75) is 26.4 Å². The van der Waals surface area contributed by atoms with E-state index in [1.807, 2.05) is 26.1 Å². The first kappa shape index (κ1) is 16.0. The minimum Gasteiger partial charge on any atom is -0.302 e. The van der Waals surface area contributed by atoms with Gasteiger partial charge < -0.3 is 4.90 Å². The Labute approximate surface area is 143 Å². The quantitative estimate of drug-likeness (QED) is 0.717. The summed E-state index contributed by atoms with van der Waals surface area (Å²) >= 11 is 0. The molecule has 2 aromatic heterocycles. The van der Waals surface area contributed by atoms with Crippen molar-refractivity contribution in [1.29, 1.82) is 0 Å². The lowest BCUT2D eigenvalue weighted by Crippen LogP contribution is -2.29. The molecule has 0 saturated heterocycles. The van der Waals surface area contributed by atoms with Gasteiger partial charge in [-0.1, -0.05) is 11.6 Å². The molecule has 1 aliphatic heterocycles. The molecule has 25 heavy (non-hydrogen) atoms. The van der Waals surface area contributed by atoms with Gasteiger partial charge in [0.2, 0.25) is 0 Å². The van der Waals surface area contributed by atoms with Gasteiger partial charge in [0.25, 0.3) is 5.91 Å². The zero-order valence-corrected chi connectivity index (χ0v) is 14.0. The lowest BCUT2D eigenvalue weighted by Gasteiger charge is -2.23. The Hall–Kier alpha value is -2.54. The summed E-state index contributed by atoms with van der Waals surface area (Å²) in [5.41, 5.74) is 3.77. The molecule has 0 fully saturated rings. The van der Waals surface area contributed by atoms with Crippen molar-refractivity contribution in [2.75, 3.05) is 13.6 Å². The minimum absolute atomic E-state index is 0.103. The zero-order valence-electron chi connectivity index (χ0n) is 14.0. The van der Waals surface area contributed by atoms with Crippen LogP contribution in [0, 0.1) is 6.92 Å². The van der Waals surface area contributed by atoms with Crippen LogP contribution in [-0.4, -0.2) is 38.7 Å². The van der Waals surface area contributed by atoms with Crippen LogP contribution >= 0.6 is 0 Å². The summed E-state index contributed by atoms with van der Waals surface area (Å²) in [6, 6.07) is 7.23. The molecule has 0 saturated carbocycles. The van der Waals surface area contributed by atoms with Gasteiger partial charge in [-0.05, 0) is 37.7 Å². The molecule has 0 aliphatic carbocycles. The van der Waals surface area contributed by atoms with Gasteiger partial charge in [0.1, 0.15) is 5.69 Å². The highest BCUT2D eigenvalue weighted by atomic mass is 19.3. The number of likely N-dealkylation sites (N-methyl/N-ethyl adjacent to an activating group) is 1. The highest BCUT2D eigenvalue weighted by Gasteiger charge is 2.28. The van der Waals surface area contributed by atoms with E-state index in [4.69, 9.17) is 0 Å². The van der Waals surface area contributed by atoms with Crippen molar-refractivity contribution in [3.05, 3.63) is 53.0 Å². The lowest BCUT2D eigenvalue weighted by atomic mass is 10.0. The van der Waals surface area contributed by atoms with Gasteiger partial charge >= 0.3 is 6.55 Å². The molecule has 130 valence electrons. The number of carbonyl (C=O) groups is 1. The van der Waals surface area contributed by atoms with E-state index in [-0.39, 0.29) is 5.69 Å². The lowest BCUT2D eigenvalue weighted by molar-refractivity contribution is 0.0511. The number of carbonyl (C=O) groups excluding carboxylic acids is 1. The molecule has 5 nitrogen and oxygen atoms in total. The van der Waals surface area contributed by atoms with E-state index in [0.717, 1.165) is 40.8 Å². The molecule has 0 spiro atoms. The van der Waals surface area contributed by atoms with Gasteiger partial charge in [-0.3, -0.25) is 9.36 Å². The summed E-state index contributed by atoms with van der Waals surface area (Å²) in [6.07, 6.45) is 1.93. The van der Waals surface area contributed by atoms with E-state index < -0.39 is 12.5 Å². The second-order valence-corrected chi connectivity index (χ2v) is 6.51. The van der Waals surface area contributed by atoms with E-state index in [0.29, 0.717) is 11.1 Å². The number of halogens is 2. The zero-order chi connectivity index (χ0) is 17.7. The van der Waals surface area contributed by atoms with Crippen LogP contribution in [0.25, 0.3) is 10.9 Å². The predicted molar refractivity (Wildman–Crippen MR) is 89.9 cm³/mol. The summed E-state index contributed by atoms with van der Waals surface area (Å²) in [7, 11) is 2.04. The Morgan fingerprint density at radius 2 is 2.08 bits per heavy atom. The van der Waals surface area contributed by atoms with Crippen LogP contribution < -0.4 is 0 Å². The van der Waals surface area contributed by atoms with Gasteiger partial charge in [0.15, 0.2) is 0 Å². The molecule has 0 unspecified atom stereocenters. The Bertz CT molecular complexity index is 973. The smallest absolute Gasteiger partial charge is 0.302 e. The van der Waals surface area contributed by atoms with Crippen molar-refractivity contribution >= 4 is 16.8 Å². The van der Waals surface area contributed by atoms with Crippen LogP contribution in [0.1, 0.15) is 33.9 Å². The molecule has 4 rings (SSSR count). The van der Waals surface area contributed by atoms with Gasteiger partial charge in [-0.2, -0.15) is 18.6 Å². The molecule has 0 amide bonds. The fraction of sp³-hybridized carbons (Fsp3) is 0.333. The van der Waals surface area contributed by atoms with Gasteiger partial charge in [-0.25, -0.2) is 0 Å². The van der Waals surface area contributed by atoms with E-state index in [2.05, 4.69) is 16.1 Å². The fourth-order valence-corrected chi connectivity index (χ4v) is 3.59. The van der Waals surface area contributed by atoms with Crippen LogP contribution in [0.15, 0.2) is 30.5 Å². The van der Waals surface area contributed by atoms with Crippen molar-refractivity contribution in [1.82, 2.24) is 19.2 Å². The van der Waals surface area contributed by atoms with Crippen LogP contribution in [0.3, 0.4) is 0 Å². The van der Waals surface area contributed by atoms with E-state index in [9.17, 15) is 13.6 Å². The summed E-state index contributed by atoms with van der Waals surface area (Å²) in [4.78, 5) is 15.3. The third kappa shape index (κ3) is 2.46. The Morgan fingerprint density at radius 3 is 2.84 bits per heavy atom. The Kier molecular flexibility index (Phi) is 3.68. The summed E-state index contributed by atoms with van der Waals surface area (Å²) in [5.74, 6) is -0.461.